The Morgan fingerprint density at radius 1 is 0.895 bits per heavy atom. The van der Waals surface area contributed by atoms with Crippen LogP contribution in [-0.4, -0.2) is 22.4 Å². The van der Waals surface area contributed by atoms with Crippen molar-refractivity contribution in [3.05, 3.63) is 107 Å². The number of pyridine rings is 2. The molecule has 1 aliphatic carbocycles. The third-order valence-corrected chi connectivity index (χ3v) is 6.28. The average molecular weight is 509 g/mol. The Morgan fingerprint density at radius 2 is 1.63 bits per heavy atom. The van der Waals surface area contributed by atoms with Crippen molar-refractivity contribution >= 4 is 34.3 Å². The highest BCUT2D eigenvalue weighted by atomic mass is 16.3. The number of fused-ring (bicyclic) bond motifs is 1. The number of nitrogens with one attached hydrogen (secondary N) is 3. The lowest BCUT2D eigenvalue weighted by Gasteiger charge is -2.24. The SMILES string of the molecule is CC.O=NCC1CCc2nccc(Nc3ccc(C(=O)Nc4cccc(Nc5ccncc5)c4)cc3)c2C1. The molecule has 194 valence electrons. The lowest BCUT2D eigenvalue weighted by molar-refractivity contribution is 0.102. The molecular formula is C30H32N6O2. The minimum Gasteiger partial charge on any atom is -0.355 e. The fraction of sp³-hybridized carbons (Fsp3) is 0.233. The Kier molecular flexibility index (Phi) is 9.12. The maximum Gasteiger partial charge on any atom is 0.255 e. The summed E-state index contributed by atoms with van der Waals surface area (Å²) >= 11 is 0. The highest BCUT2D eigenvalue weighted by Gasteiger charge is 2.22. The molecule has 3 N–H and O–H groups in total. The average Bonchev–Trinajstić information content (AvgIpc) is 2.96. The van der Waals surface area contributed by atoms with Gasteiger partial charge in [0.15, 0.2) is 0 Å². The van der Waals surface area contributed by atoms with Gasteiger partial charge in [0.2, 0.25) is 0 Å². The number of nitroso groups, excluding NO2 is 1. The predicted molar refractivity (Wildman–Crippen MR) is 153 cm³/mol. The van der Waals surface area contributed by atoms with E-state index in [1.807, 2.05) is 68.4 Å². The van der Waals surface area contributed by atoms with E-state index in [0.717, 1.165) is 53.3 Å². The van der Waals surface area contributed by atoms with E-state index in [2.05, 4.69) is 31.1 Å². The molecule has 0 saturated carbocycles. The van der Waals surface area contributed by atoms with Crippen molar-refractivity contribution in [2.24, 2.45) is 11.1 Å². The van der Waals surface area contributed by atoms with E-state index in [-0.39, 0.29) is 11.8 Å². The highest BCUT2D eigenvalue weighted by molar-refractivity contribution is 6.04. The number of hydrogen-bond donors (Lipinski definition) is 3. The molecule has 1 aliphatic rings. The second-order valence-corrected chi connectivity index (χ2v) is 8.80. The second kappa shape index (κ2) is 13.1. The number of rotatable bonds is 8. The standard InChI is InChI=1S/C28H26N6O2.C2H6/c35-28(34-24-3-1-2-23(17-24)32-22-10-13-29-14-11-22)20-5-7-21(8-6-20)33-27-12-15-30-26-9-4-19(18-31-36)16-25(26)27;1-2/h1-3,5-8,10-15,17,19H,4,9,16,18H2,(H,29,32)(H,30,33)(H,34,35);1-2H3. The summed E-state index contributed by atoms with van der Waals surface area (Å²) in [5.74, 6) is 0.0670. The summed E-state index contributed by atoms with van der Waals surface area (Å²) in [4.78, 5) is 32.1. The monoisotopic (exact) mass is 508 g/mol. The lowest BCUT2D eigenvalue weighted by Crippen LogP contribution is -2.19. The molecule has 2 aromatic heterocycles. The van der Waals surface area contributed by atoms with Gasteiger partial charge in [0.25, 0.3) is 5.91 Å². The van der Waals surface area contributed by atoms with Crippen molar-refractivity contribution < 1.29 is 4.79 Å². The van der Waals surface area contributed by atoms with Crippen molar-refractivity contribution in [1.82, 2.24) is 9.97 Å². The van der Waals surface area contributed by atoms with Gasteiger partial charge >= 0.3 is 0 Å². The first-order valence-corrected chi connectivity index (χ1v) is 12.9. The Morgan fingerprint density at radius 3 is 2.39 bits per heavy atom. The number of aromatic nitrogens is 2. The van der Waals surface area contributed by atoms with Crippen LogP contribution in [0.25, 0.3) is 0 Å². The molecule has 5 rings (SSSR count). The molecule has 0 bridgehead atoms. The van der Waals surface area contributed by atoms with E-state index >= 15 is 0 Å². The first-order chi connectivity index (χ1) is 18.7. The second-order valence-electron chi connectivity index (χ2n) is 8.80. The molecular weight excluding hydrogens is 476 g/mol. The highest BCUT2D eigenvalue weighted by Crippen LogP contribution is 2.31. The zero-order valence-electron chi connectivity index (χ0n) is 21.6. The van der Waals surface area contributed by atoms with Crippen LogP contribution in [0.15, 0.2) is 90.5 Å². The summed E-state index contributed by atoms with van der Waals surface area (Å²) in [5.41, 5.74) is 7.10. The number of benzene rings is 2. The van der Waals surface area contributed by atoms with Crippen molar-refractivity contribution in [3.63, 3.8) is 0 Å². The summed E-state index contributed by atoms with van der Waals surface area (Å²) in [6, 6.07) is 20.6. The van der Waals surface area contributed by atoms with Gasteiger partial charge in [0.1, 0.15) is 0 Å². The molecule has 2 aromatic carbocycles. The fourth-order valence-electron chi connectivity index (χ4n) is 4.43. The van der Waals surface area contributed by atoms with Crippen molar-refractivity contribution in [2.75, 3.05) is 22.5 Å². The van der Waals surface area contributed by atoms with Gasteiger partial charge in [0.05, 0.1) is 6.54 Å². The molecule has 1 amide bonds. The van der Waals surface area contributed by atoms with Gasteiger partial charge in [-0.25, -0.2) is 0 Å². The Labute approximate surface area is 222 Å². The lowest BCUT2D eigenvalue weighted by atomic mass is 9.86. The molecule has 0 spiro atoms. The van der Waals surface area contributed by atoms with Gasteiger partial charge in [-0.2, -0.15) is 4.91 Å². The first-order valence-electron chi connectivity index (χ1n) is 12.9. The van der Waals surface area contributed by atoms with E-state index < -0.39 is 0 Å². The summed E-state index contributed by atoms with van der Waals surface area (Å²) in [7, 11) is 0. The largest absolute Gasteiger partial charge is 0.355 e. The number of nitrogens with zero attached hydrogens (tertiary/aromatic N) is 3. The Balaban J connectivity index is 0.00000164. The zero-order chi connectivity index (χ0) is 26.7. The minimum absolute atomic E-state index is 0.187. The van der Waals surface area contributed by atoms with Crippen LogP contribution in [-0.2, 0) is 12.8 Å². The third kappa shape index (κ3) is 6.79. The minimum atomic E-state index is -0.187. The molecule has 4 aromatic rings. The molecule has 1 unspecified atom stereocenters. The number of aryl methyl sites for hydroxylation is 1. The molecule has 0 fully saturated rings. The maximum atomic E-state index is 12.8. The van der Waals surface area contributed by atoms with Gasteiger partial charge < -0.3 is 16.0 Å². The fourth-order valence-corrected chi connectivity index (χ4v) is 4.43. The van der Waals surface area contributed by atoms with Crippen molar-refractivity contribution in [1.29, 1.82) is 0 Å². The topological polar surface area (TPSA) is 108 Å². The van der Waals surface area contributed by atoms with Gasteiger partial charge in [0, 0.05) is 58.3 Å². The van der Waals surface area contributed by atoms with Crippen LogP contribution < -0.4 is 16.0 Å². The van der Waals surface area contributed by atoms with Crippen LogP contribution in [0, 0.1) is 10.8 Å². The van der Waals surface area contributed by atoms with E-state index in [1.165, 1.54) is 0 Å². The smallest absolute Gasteiger partial charge is 0.255 e. The van der Waals surface area contributed by atoms with Crippen LogP contribution in [0.2, 0.25) is 0 Å². The number of carbonyl (C=O) groups excluding carboxylic acids is 1. The van der Waals surface area contributed by atoms with Crippen LogP contribution in [0.4, 0.5) is 28.4 Å². The van der Waals surface area contributed by atoms with E-state index in [1.54, 1.807) is 30.7 Å². The molecule has 8 heteroatoms. The number of hydrogen-bond acceptors (Lipinski definition) is 7. The molecule has 0 saturated heterocycles. The van der Waals surface area contributed by atoms with Crippen LogP contribution >= 0.6 is 0 Å². The Hall–Kier alpha value is -4.59. The normalized spacial score (nSPS) is 13.8. The van der Waals surface area contributed by atoms with Crippen LogP contribution in [0.5, 0.6) is 0 Å². The molecule has 0 radical (unpaired) electrons. The van der Waals surface area contributed by atoms with E-state index in [4.69, 9.17) is 0 Å². The number of amides is 1. The zero-order valence-corrected chi connectivity index (χ0v) is 21.6. The maximum absolute atomic E-state index is 12.8. The molecule has 0 aliphatic heterocycles. The summed E-state index contributed by atoms with van der Waals surface area (Å²) in [6.45, 7) is 4.33. The molecule has 38 heavy (non-hydrogen) atoms. The predicted octanol–water partition coefficient (Wildman–Crippen LogP) is 7.11. The van der Waals surface area contributed by atoms with Gasteiger partial charge in [-0.3, -0.25) is 14.8 Å². The van der Waals surface area contributed by atoms with Crippen LogP contribution in [0.1, 0.15) is 41.9 Å². The van der Waals surface area contributed by atoms with E-state index in [9.17, 15) is 9.70 Å². The first kappa shape index (κ1) is 26.5. The molecule has 1 atom stereocenters. The number of anilines is 5. The van der Waals surface area contributed by atoms with Gasteiger partial charge in [-0.1, -0.05) is 25.1 Å². The molecule has 2 heterocycles. The summed E-state index contributed by atoms with van der Waals surface area (Å²) < 4.78 is 0. The summed E-state index contributed by atoms with van der Waals surface area (Å²) in [5, 5.41) is 12.8. The van der Waals surface area contributed by atoms with E-state index in [0.29, 0.717) is 17.8 Å². The van der Waals surface area contributed by atoms with Crippen molar-refractivity contribution in [3.8, 4) is 0 Å². The van der Waals surface area contributed by atoms with Crippen LogP contribution in [0.3, 0.4) is 0 Å². The third-order valence-electron chi connectivity index (χ3n) is 6.28. The number of carbonyl (C=O) groups is 1. The Bertz CT molecular complexity index is 1360. The van der Waals surface area contributed by atoms with Gasteiger partial charge in [-0.15, -0.1) is 0 Å². The molecule has 8 nitrogen and oxygen atoms in total. The quantitative estimate of drug-likeness (QED) is 0.219. The van der Waals surface area contributed by atoms with Crippen molar-refractivity contribution in [2.45, 2.75) is 33.1 Å². The summed E-state index contributed by atoms with van der Waals surface area (Å²) in [6.07, 6.45) is 7.81. The van der Waals surface area contributed by atoms with Gasteiger partial charge in [-0.05, 0) is 91.4 Å².